The molecule has 2 nitrogen and oxygen atoms in total. The third-order valence-electron chi connectivity index (χ3n) is 2.83. The van der Waals surface area contributed by atoms with Gasteiger partial charge < -0.3 is 4.74 Å². The molecule has 2 rings (SSSR count). The smallest absolute Gasteiger partial charge is 0.177 e. The highest BCUT2D eigenvalue weighted by molar-refractivity contribution is 7.99. The summed E-state index contributed by atoms with van der Waals surface area (Å²) in [5, 5.41) is 2.04. The van der Waals surface area contributed by atoms with Crippen LogP contribution in [0.25, 0.3) is 10.8 Å². The van der Waals surface area contributed by atoms with E-state index in [9.17, 15) is 4.79 Å². The van der Waals surface area contributed by atoms with Gasteiger partial charge in [0.15, 0.2) is 5.78 Å². The van der Waals surface area contributed by atoms with E-state index in [0.717, 1.165) is 16.5 Å². The molecule has 0 spiro atoms. The third kappa shape index (κ3) is 2.51. The van der Waals surface area contributed by atoms with Gasteiger partial charge in [-0.25, -0.2) is 0 Å². The van der Waals surface area contributed by atoms with Crippen molar-refractivity contribution in [2.45, 2.75) is 6.92 Å². The molecule has 0 aliphatic heterocycles. The van der Waals surface area contributed by atoms with Crippen molar-refractivity contribution in [3.8, 4) is 5.75 Å². The molecule has 0 atom stereocenters. The van der Waals surface area contributed by atoms with E-state index in [-0.39, 0.29) is 5.78 Å². The lowest BCUT2D eigenvalue weighted by Gasteiger charge is -2.10. The van der Waals surface area contributed by atoms with Crippen LogP contribution in [0.15, 0.2) is 36.4 Å². The molecule has 0 aliphatic carbocycles. The Morgan fingerprint density at radius 2 is 2.00 bits per heavy atom. The Bertz CT molecular complexity index is 563. The average Bonchev–Trinajstić information content (AvgIpc) is 2.43. The van der Waals surface area contributed by atoms with Gasteiger partial charge in [-0.3, -0.25) is 4.79 Å². The van der Waals surface area contributed by atoms with E-state index >= 15 is 0 Å². The molecule has 3 heteroatoms. The number of ether oxygens (including phenoxy) is 1. The second kappa shape index (κ2) is 5.91. The van der Waals surface area contributed by atoms with Gasteiger partial charge in [-0.1, -0.05) is 37.3 Å². The number of ketones is 1. The zero-order valence-electron chi connectivity index (χ0n) is 10.6. The van der Waals surface area contributed by atoms with E-state index in [0.29, 0.717) is 17.1 Å². The topological polar surface area (TPSA) is 26.3 Å². The summed E-state index contributed by atoms with van der Waals surface area (Å²) >= 11 is 1.63. The number of carbonyl (C=O) groups is 1. The molecule has 0 aromatic heterocycles. The number of hydrogen-bond acceptors (Lipinski definition) is 3. The largest absolute Gasteiger partial charge is 0.496 e. The quantitative estimate of drug-likeness (QED) is 0.765. The first-order valence-electron chi connectivity index (χ1n) is 5.94. The number of Topliss-reactive ketones (excluding diaryl/α,β-unsaturated/α-hetero) is 1. The molecular formula is C15H16O2S. The fourth-order valence-corrected chi connectivity index (χ4v) is 2.51. The van der Waals surface area contributed by atoms with Gasteiger partial charge in [0, 0.05) is 0 Å². The molecule has 0 aliphatic rings. The SMILES string of the molecule is CCSCC(=O)c1c(OC)ccc2ccccc12. The number of benzene rings is 2. The highest BCUT2D eigenvalue weighted by Gasteiger charge is 2.15. The van der Waals surface area contributed by atoms with Crippen molar-refractivity contribution in [3.63, 3.8) is 0 Å². The second-order valence-corrected chi connectivity index (χ2v) is 5.20. The summed E-state index contributed by atoms with van der Waals surface area (Å²) in [5.74, 6) is 2.24. The van der Waals surface area contributed by atoms with Crippen LogP contribution < -0.4 is 4.74 Å². The minimum absolute atomic E-state index is 0.135. The molecule has 0 heterocycles. The molecule has 0 unspecified atom stereocenters. The normalized spacial score (nSPS) is 10.6. The van der Waals surface area contributed by atoms with Crippen LogP contribution >= 0.6 is 11.8 Å². The van der Waals surface area contributed by atoms with Crippen LogP contribution in [0, 0.1) is 0 Å². The first-order valence-corrected chi connectivity index (χ1v) is 7.10. The molecule has 0 bridgehead atoms. The van der Waals surface area contributed by atoms with Crippen molar-refractivity contribution >= 4 is 28.3 Å². The summed E-state index contributed by atoms with van der Waals surface area (Å²) in [5.41, 5.74) is 0.705. The molecule has 0 fully saturated rings. The van der Waals surface area contributed by atoms with Gasteiger partial charge in [-0.15, -0.1) is 0 Å². The van der Waals surface area contributed by atoms with Gasteiger partial charge in [-0.2, -0.15) is 11.8 Å². The van der Waals surface area contributed by atoms with E-state index < -0.39 is 0 Å². The summed E-state index contributed by atoms with van der Waals surface area (Å²) in [6, 6.07) is 11.8. The average molecular weight is 260 g/mol. The lowest BCUT2D eigenvalue weighted by molar-refractivity contribution is 0.102. The monoisotopic (exact) mass is 260 g/mol. The summed E-state index contributed by atoms with van der Waals surface area (Å²) in [6.45, 7) is 2.05. The van der Waals surface area contributed by atoms with Crippen molar-refractivity contribution in [1.29, 1.82) is 0 Å². The first kappa shape index (κ1) is 13.0. The number of carbonyl (C=O) groups excluding carboxylic acids is 1. The Hall–Kier alpha value is -1.48. The maximum absolute atomic E-state index is 12.3. The van der Waals surface area contributed by atoms with Crippen molar-refractivity contribution in [2.75, 3.05) is 18.6 Å². The van der Waals surface area contributed by atoms with E-state index in [4.69, 9.17) is 4.74 Å². The van der Waals surface area contributed by atoms with Crippen molar-refractivity contribution in [3.05, 3.63) is 42.0 Å². The number of methoxy groups -OCH3 is 1. The highest BCUT2D eigenvalue weighted by Crippen LogP contribution is 2.29. The minimum atomic E-state index is 0.135. The Labute approximate surface area is 111 Å². The molecule has 0 amide bonds. The van der Waals surface area contributed by atoms with Crippen molar-refractivity contribution in [2.24, 2.45) is 0 Å². The van der Waals surface area contributed by atoms with E-state index in [1.54, 1.807) is 18.9 Å². The van der Waals surface area contributed by atoms with Crippen LogP contribution in [0.2, 0.25) is 0 Å². The first-order chi connectivity index (χ1) is 8.77. The summed E-state index contributed by atoms with van der Waals surface area (Å²) in [4.78, 5) is 12.3. The predicted molar refractivity (Wildman–Crippen MR) is 77.8 cm³/mol. The lowest BCUT2D eigenvalue weighted by Crippen LogP contribution is -2.06. The van der Waals surface area contributed by atoms with Crippen LogP contribution in [0.5, 0.6) is 5.75 Å². The number of fused-ring (bicyclic) bond motifs is 1. The fraction of sp³-hybridized carbons (Fsp3) is 0.267. The summed E-state index contributed by atoms with van der Waals surface area (Å²) in [6.07, 6.45) is 0. The minimum Gasteiger partial charge on any atom is -0.496 e. The summed E-state index contributed by atoms with van der Waals surface area (Å²) < 4.78 is 5.32. The lowest BCUT2D eigenvalue weighted by atomic mass is 10.0. The summed E-state index contributed by atoms with van der Waals surface area (Å²) in [7, 11) is 1.61. The standard InChI is InChI=1S/C15H16O2S/c1-3-18-10-13(16)15-12-7-5-4-6-11(12)8-9-14(15)17-2/h4-9H,3,10H2,1-2H3. The Morgan fingerprint density at radius 1 is 1.22 bits per heavy atom. The van der Waals surface area contributed by atoms with Crippen LogP contribution in [0.4, 0.5) is 0 Å². The Kier molecular flexibility index (Phi) is 4.26. The molecule has 0 N–H and O–H groups in total. The van der Waals surface area contributed by atoms with Crippen molar-refractivity contribution in [1.82, 2.24) is 0 Å². The van der Waals surface area contributed by atoms with Gasteiger partial charge in [0.2, 0.25) is 0 Å². The molecule has 2 aromatic carbocycles. The molecule has 94 valence electrons. The van der Waals surface area contributed by atoms with Gasteiger partial charge in [0.1, 0.15) is 5.75 Å². The third-order valence-corrected chi connectivity index (χ3v) is 3.70. The maximum Gasteiger partial charge on any atom is 0.177 e. The molecule has 18 heavy (non-hydrogen) atoms. The highest BCUT2D eigenvalue weighted by atomic mass is 32.2. The van der Waals surface area contributed by atoms with Crippen LogP contribution in [0.3, 0.4) is 0 Å². The second-order valence-electron chi connectivity index (χ2n) is 3.92. The maximum atomic E-state index is 12.3. The Balaban J connectivity index is 2.54. The fourth-order valence-electron chi connectivity index (χ4n) is 1.98. The zero-order chi connectivity index (χ0) is 13.0. The van der Waals surface area contributed by atoms with Crippen molar-refractivity contribution < 1.29 is 9.53 Å². The molecule has 0 radical (unpaired) electrons. The number of hydrogen-bond donors (Lipinski definition) is 0. The number of thioether (sulfide) groups is 1. The molecular weight excluding hydrogens is 244 g/mol. The molecule has 0 saturated carbocycles. The van der Waals surface area contributed by atoms with Gasteiger partial charge in [-0.05, 0) is 22.6 Å². The van der Waals surface area contributed by atoms with E-state index in [1.807, 2.05) is 36.4 Å². The van der Waals surface area contributed by atoms with Gasteiger partial charge >= 0.3 is 0 Å². The van der Waals surface area contributed by atoms with E-state index in [2.05, 4.69) is 6.92 Å². The molecule has 0 saturated heterocycles. The van der Waals surface area contributed by atoms with Crippen LogP contribution in [0.1, 0.15) is 17.3 Å². The van der Waals surface area contributed by atoms with Gasteiger partial charge in [0.25, 0.3) is 0 Å². The Morgan fingerprint density at radius 3 is 2.72 bits per heavy atom. The predicted octanol–water partition coefficient (Wildman–Crippen LogP) is 3.78. The van der Waals surface area contributed by atoms with Gasteiger partial charge in [0.05, 0.1) is 18.4 Å². The van der Waals surface area contributed by atoms with E-state index in [1.165, 1.54) is 0 Å². The van der Waals surface area contributed by atoms with Crippen LogP contribution in [-0.2, 0) is 0 Å². The van der Waals surface area contributed by atoms with Crippen LogP contribution in [-0.4, -0.2) is 24.4 Å². The zero-order valence-corrected chi connectivity index (χ0v) is 11.4. The number of rotatable bonds is 5. The molecule has 2 aromatic rings.